The van der Waals surface area contributed by atoms with E-state index in [0.717, 1.165) is 0 Å². The summed E-state index contributed by atoms with van der Waals surface area (Å²) in [4.78, 5) is 70.8. The topological polar surface area (TPSA) is 257 Å². The number of aliphatic carboxylic acids is 2. The number of amides is 4. The van der Waals surface area contributed by atoms with E-state index in [1.807, 2.05) is 0 Å². The maximum absolute atomic E-state index is 12.8. The molecule has 188 valence electrons. The number of nitrogens with one attached hydrogen (secondary N) is 3. The van der Waals surface area contributed by atoms with Crippen LogP contribution in [-0.2, 0) is 28.8 Å². The molecule has 4 atom stereocenters. The third-order valence-electron chi connectivity index (χ3n) is 4.58. The van der Waals surface area contributed by atoms with Crippen LogP contribution in [-0.4, -0.2) is 76.5 Å². The van der Waals surface area contributed by atoms with Crippen LogP contribution in [0, 0.1) is 5.92 Å². The zero-order chi connectivity index (χ0) is 25.7. The molecule has 0 heterocycles. The van der Waals surface area contributed by atoms with Gasteiger partial charge in [0.1, 0.15) is 18.1 Å². The van der Waals surface area contributed by atoms with Crippen LogP contribution in [0.1, 0.15) is 46.0 Å². The van der Waals surface area contributed by atoms with E-state index in [9.17, 15) is 33.9 Å². The second-order valence-electron chi connectivity index (χ2n) is 7.85. The molecule has 0 spiro atoms. The molecule has 14 heteroatoms. The molecule has 33 heavy (non-hydrogen) atoms. The average molecular weight is 475 g/mol. The van der Waals surface area contributed by atoms with E-state index in [0.29, 0.717) is 19.4 Å². The number of carboxylic acids is 2. The Hall–Kier alpha value is -3.26. The lowest BCUT2D eigenvalue weighted by atomic mass is 10.0. The number of hydrogen-bond donors (Lipinski definition) is 8. The fourth-order valence-electron chi connectivity index (χ4n) is 2.77. The smallest absolute Gasteiger partial charge is 0.326 e. The summed E-state index contributed by atoms with van der Waals surface area (Å²) in [6.45, 7) is 3.53. The zero-order valence-electron chi connectivity index (χ0n) is 18.7. The standard InChI is InChI=1S/C19H34N6O8/c1-9(2)15(18(31)24-12(19(32)33)8-13(22)26)25-17(30)11(5-3-4-6-20)23-16(29)10(21)7-14(27)28/h9-12,15H,3-8,20-21H2,1-2H3,(H2,22,26)(H,23,29)(H,24,31)(H,25,30)(H,27,28)(H,32,33). The minimum absolute atomic E-state index is 0.139. The van der Waals surface area contributed by atoms with Crippen LogP contribution in [0.25, 0.3) is 0 Å². The van der Waals surface area contributed by atoms with Crippen LogP contribution in [0.3, 0.4) is 0 Å². The Morgan fingerprint density at radius 2 is 1.39 bits per heavy atom. The first kappa shape index (κ1) is 29.7. The van der Waals surface area contributed by atoms with Gasteiger partial charge in [0.15, 0.2) is 0 Å². The molecule has 0 bridgehead atoms. The lowest BCUT2D eigenvalue weighted by Crippen LogP contribution is -2.58. The van der Waals surface area contributed by atoms with Crippen molar-refractivity contribution in [3.8, 4) is 0 Å². The van der Waals surface area contributed by atoms with E-state index in [4.69, 9.17) is 22.3 Å². The number of carbonyl (C=O) groups excluding carboxylic acids is 4. The first-order valence-electron chi connectivity index (χ1n) is 10.4. The first-order valence-corrected chi connectivity index (χ1v) is 10.4. The van der Waals surface area contributed by atoms with Crippen LogP contribution in [0.15, 0.2) is 0 Å². The highest BCUT2D eigenvalue weighted by atomic mass is 16.4. The number of rotatable bonds is 16. The fourth-order valence-corrected chi connectivity index (χ4v) is 2.77. The maximum atomic E-state index is 12.8. The van der Waals surface area contributed by atoms with Gasteiger partial charge in [-0.2, -0.15) is 0 Å². The van der Waals surface area contributed by atoms with Gasteiger partial charge in [-0.3, -0.25) is 24.0 Å². The van der Waals surface area contributed by atoms with E-state index in [1.165, 1.54) is 0 Å². The van der Waals surface area contributed by atoms with Crippen LogP contribution >= 0.6 is 0 Å². The zero-order valence-corrected chi connectivity index (χ0v) is 18.7. The number of primary amides is 1. The Balaban J connectivity index is 5.45. The molecule has 11 N–H and O–H groups in total. The Bertz CT molecular complexity index is 729. The summed E-state index contributed by atoms with van der Waals surface area (Å²) in [6.07, 6.45) is -0.153. The molecule has 14 nitrogen and oxygen atoms in total. The third kappa shape index (κ3) is 11.8. The molecule has 0 aromatic heterocycles. The van der Waals surface area contributed by atoms with Gasteiger partial charge in [-0.05, 0) is 31.7 Å². The van der Waals surface area contributed by atoms with Crippen molar-refractivity contribution < 1.29 is 39.0 Å². The van der Waals surface area contributed by atoms with E-state index >= 15 is 0 Å². The normalized spacial score (nSPS) is 14.5. The number of hydrogen-bond acceptors (Lipinski definition) is 8. The molecule has 4 amide bonds. The van der Waals surface area contributed by atoms with Crippen LogP contribution in [0.5, 0.6) is 0 Å². The minimum atomic E-state index is -1.58. The Labute approximate surface area is 191 Å². The molecule has 0 aliphatic heterocycles. The van der Waals surface area contributed by atoms with E-state index < -0.39 is 78.5 Å². The van der Waals surface area contributed by atoms with Gasteiger partial charge in [-0.25, -0.2) is 4.79 Å². The lowest BCUT2D eigenvalue weighted by molar-refractivity contribution is -0.144. The maximum Gasteiger partial charge on any atom is 0.326 e. The third-order valence-corrected chi connectivity index (χ3v) is 4.58. The monoisotopic (exact) mass is 474 g/mol. The number of carbonyl (C=O) groups is 6. The van der Waals surface area contributed by atoms with Crippen molar-refractivity contribution in [3.05, 3.63) is 0 Å². The highest BCUT2D eigenvalue weighted by Crippen LogP contribution is 2.07. The van der Waals surface area contributed by atoms with Gasteiger partial charge in [-0.15, -0.1) is 0 Å². The summed E-state index contributed by atoms with van der Waals surface area (Å²) in [5, 5.41) is 25.0. The second-order valence-corrected chi connectivity index (χ2v) is 7.85. The van der Waals surface area contributed by atoms with Crippen molar-refractivity contribution in [3.63, 3.8) is 0 Å². The summed E-state index contributed by atoms with van der Waals surface area (Å²) >= 11 is 0. The van der Waals surface area contributed by atoms with Gasteiger partial charge in [0, 0.05) is 0 Å². The Morgan fingerprint density at radius 3 is 1.85 bits per heavy atom. The number of unbranched alkanes of at least 4 members (excludes halogenated alkanes) is 1. The van der Waals surface area contributed by atoms with Gasteiger partial charge in [0.25, 0.3) is 0 Å². The molecule has 0 radical (unpaired) electrons. The molecule has 0 aliphatic rings. The van der Waals surface area contributed by atoms with Crippen LogP contribution in [0.2, 0.25) is 0 Å². The molecule has 0 saturated heterocycles. The van der Waals surface area contributed by atoms with Crippen LogP contribution in [0.4, 0.5) is 0 Å². The molecular formula is C19H34N6O8. The molecule has 0 aliphatic carbocycles. The molecule has 0 aromatic carbocycles. The van der Waals surface area contributed by atoms with Crippen LogP contribution < -0.4 is 33.2 Å². The largest absolute Gasteiger partial charge is 0.481 e. The first-order chi connectivity index (χ1) is 15.3. The highest BCUT2D eigenvalue weighted by Gasteiger charge is 2.32. The second kappa shape index (κ2) is 14.7. The van der Waals surface area contributed by atoms with Crippen molar-refractivity contribution in [1.82, 2.24) is 16.0 Å². The molecular weight excluding hydrogens is 440 g/mol. The van der Waals surface area contributed by atoms with Crippen molar-refractivity contribution in [2.75, 3.05) is 6.54 Å². The van der Waals surface area contributed by atoms with Gasteiger partial charge < -0.3 is 43.4 Å². The molecule has 0 rings (SSSR count). The van der Waals surface area contributed by atoms with Gasteiger partial charge in [0.2, 0.25) is 23.6 Å². The molecule has 0 fully saturated rings. The number of carboxylic acid groups (broad SMARTS) is 2. The molecule has 0 aromatic rings. The van der Waals surface area contributed by atoms with E-state index in [-0.39, 0.29) is 6.42 Å². The van der Waals surface area contributed by atoms with Gasteiger partial charge in [0.05, 0.1) is 18.9 Å². The quantitative estimate of drug-likeness (QED) is 0.105. The lowest BCUT2D eigenvalue weighted by Gasteiger charge is -2.27. The van der Waals surface area contributed by atoms with Crippen molar-refractivity contribution in [2.24, 2.45) is 23.1 Å². The summed E-state index contributed by atoms with van der Waals surface area (Å²) < 4.78 is 0. The van der Waals surface area contributed by atoms with E-state index in [1.54, 1.807) is 13.8 Å². The van der Waals surface area contributed by atoms with E-state index in [2.05, 4.69) is 16.0 Å². The predicted octanol–water partition coefficient (Wildman–Crippen LogP) is -3.01. The summed E-state index contributed by atoms with van der Waals surface area (Å²) in [5.41, 5.74) is 16.0. The Kier molecular flexibility index (Phi) is 13.3. The van der Waals surface area contributed by atoms with Crippen molar-refractivity contribution in [1.29, 1.82) is 0 Å². The fraction of sp³-hybridized carbons (Fsp3) is 0.684. The molecule has 0 saturated carbocycles. The number of nitrogens with two attached hydrogens (primary N) is 3. The van der Waals surface area contributed by atoms with Crippen molar-refractivity contribution >= 4 is 35.6 Å². The highest BCUT2D eigenvalue weighted by molar-refractivity contribution is 5.95. The predicted molar refractivity (Wildman–Crippen MR) is 115 cm³/mol. The summed E-state index contributed by atoms with van der Waals surface area (Å²) in [7, 11) is 0. The SMILES string of the molecule is CC(C)C(NC(=O)C(CCCCN)NC(=O)C(N)CC(=O)O)C(=O)NC(CC(N)=O)C(=O)O. The summed E-state index contributed by atoms with van der Waals surface area (Å²) in [6, 6.07) is -5.31. The minimum Gasteiger partial charge on any atom is -0.481 e. The van der Waals surface area contributed by atoms with Crippen molar-refractivity contribution in [2.45, 2.75) is 70.1 Å². The van der Waals surface area contributed by atoms with Gasteiger partial charge >= 0.3 is 11.9 Å². The average Bonchev–Trinajstić information content (AvgIpc) is 2.69. The molecule has 4 unspecified atom stereocenters. The Morgan fingerprint density at radius 1 is 0.818 bits per heavy atom. The summed E-state index contributed by atoms with van der Waals surface area (Å²) in [5.74, 6) is -6.67. The van der Waals surface area contributed by atoms with Gasteiger partial charge in [-0.1, -0.05) is 13.8 Å².